The molecule has 82 valence electrons. The van der Waals surface area contributed by atoms with Gasteiger partial charge < -0.3 is 14.2 Å². The van der Waals surface area contributed by atoms with E-state index in [9.17, 15) is 0 Å². The molecule has 0 spiro atoms. The van der Waals surface area contributed by atoms with Crippen LogP contribution in [0.4, 0.5) is 0 Å². The molecule has 1 rings (SSSR count). The first-order valence-corrected chi connectivity index (χ1v) is 4.68. The van der Waals surface area contributed by atoms with Crippen LogP contribution in [0, 0.1) is 0 Å². The molecule has 0 bridgehead atoms. The van der Waals surface area contributed by atoms with Gasteiger partial charge in [0.05, 0.1) is 20.8 Å². The van der Waals surface area contributed by atoms with Gasteiger partial charge in [0.1, 0.15) is 11.5 Å². The quantitative estimate of drug-likeness (QED) is 0.743. The van der Waals surface area contributed by atoms with Gasteiger partial charge in [-0.15, -0.1) is 0 Å². The molecule has 0 atom stereocenters. The highest BCUT2D eigenvalue weighted by molar-refractivity contribution is 5.55. The number of methoxy groups -OCH3 is 3. The van der Waals surface area contributed by atoms with Gasteiger partial charge in [0.15, 0.2) is 0 Å². The fourth-order valence-electron chi connectivity index (χ4n) is 1.21. The Morgan fingerprint density at radius 1 is 1.00 bits per heavy atom. The minimum Gasteiger partial charge on any atom is -0.497 e. The van der Waals surface area contributed by atoms with E-state index >= 15 is 0 Å². The van der Waals surface area contributed by atoms with Crippen LogP contribution in [-0.4, -0.2) is 27.9 Å². The van der Waals surface area contributed by atoms with Crippen molar-refractivity contribution in [2.24, 2.45) is 0 Å². The summed E-state index contributed by atoms with van der Waals surface area (Å²) in [6.45, 7) is 0.597. The maximum atomic E-state index is 5.16. The first-order valence-electron chi connectivity index (χ1n) is 4.68. The highest BCUT2D eigenvalue weighted by Gasteiger charge is 1.98. The summed E-state index contributed by atoms with van der Waals surface area (Å²) in [6, 6.07) is 5.72. The lowest BCUT2D eigenvalue weighted by molar-refractivity contribution is 0.234. The number of hydrogen-bond donors (Lipinski definition) is 0. The van der Waals surface area contributed by atoms with Crippen LogP contribution in [0.15, 0.2) is 24.3 Å². The summed E-state index contributed by atoms with van der Waals surface area (Å²) < 4.78 is 15.2. The first kappa shape index (κ1) is 11.6. The average molecular weight is 208 g/mol. The van der Waals surface area contributed by atoms with Gasteiger partial charge in [-0.2, -0.15) is 0 Å². The van der Waals surface area contributed by atoms with Gasteiger partial charge in [0.25, 0.3) is 0 Å². The molecule has 0 aliphatic carbocycles. The van der Waals surface area contributed by atoms with Crippen molar-refractivity contribution in [3.8, 4) is 11.5 Å². The molecule has 0 aliphatic rings. The van der Waals surface area contributed by atoms with E-state index in [1.165, 1.54) is 0 Å². The SMILES string of the molecule is COCC=Cc1cc(OC)cc(OC)c1. The zero-order chi connectivity index (χ0) is 11.1. The van der Waals surface area contributed by atoms with Crippen molar-refractivity contribution in [3.05, 3.63) is 29.8 Å². The van der Waals surface area contributed by atoms with Crippen molar-refractivity contribution in [2.75, 3.05) is 27.9 Å². The summed E-state index contributed by atoms with van der Waals surface area (Å²) in [7, 11) is 4.94. The van der Waals surface area contributed by atoms with Crippen molar-refractivity contribution in [1.82, 2.24) is 0 Å². The normalized spacial score (nSPS) is 10.6. The van der Waals surface area contributed by atoms with E-state index in [0.717, 1.165) is 17.1 Å². The Bertz CT molecular complexity index is 309. The van der Waals surface area contributed by atoms with Crippen LogP contribution >= 0.6 is 0 Å². The van der Waals surface area contributed by atoms with Gasteiger partial charge in [-0.25, -0.2) is 0 Å². The zero-order valence-corrected chi connectivity index (χ0v) is 9.32. The molecule has 0 aromatic heterocycles. The van der Waals surface area contributed by atoms with Crippen molar-refractivity contribution in [2.45, 2.75) is 0 Å². The van der Waals surface area contributed by atoms with Gasteiger partial charge in [0.2, 0.25) is 0 Å². The Hall–Kier alpha value is -1.48. The third kappa shape index (κ3) is 3.64. The number of ether oxygens (including phenoxy) is 3. The van der Waals surface area contributed by atoms with Gasteiger partial charge in [-0.05, 0) is 17.7 Å². The molecule has 0 heterocycles. The maximum Gasteiger partial charge on any atom is 0.123 e. The highest BCUT2D eigenvalue weighted by Crippen LogP contribution is 2.23. The van der Waals surface area contributed by atoms with Gasteiger partial charge in [-0.3, -0.25) is 0 Å². The number of rotatable bonds is 5. The van der Waals surface area contributed by atoms with Crippen LogP contribution in [0.2, 0.25) is 0 Å². The van der Waals surface area contributed by atoms with Gasteiger partial charge >= 0.3 is 0 Å². The first-order chi connectivity index (χ1) is 7.30. The Labute approximate surface area is 90.3 Å². The Balaban J connectivity index is 2.86. The number of benzene rings is 1. The summed E-state index contributed by atoms with van der Waals surface area (Å²) in [5.74, 6) is 1.57. The van der Waals surface area contributed by atoms with Crippen LogP contribution in [0.25, 0.3) is 6.08 Å². The van der Waals surface area contributed by atoms with Crippen molar-refractivity contribution >= 4 is 6.08 Å². The molecule has 3 nitrogen and oxygen atoms in total. The summed E-state index contributed by atoms with van der Waals surface area (Å²) >= 11 is 0. The Morgan fingerprint density at radius 2 is 1.60 bits per heavy atom. The van der Waals surface area contributed by atoms with Gasteiger partial charge in [0, 0.05) is 13.2 Å². The molecular weight excluding hydrogens is 192 g/mol. The van der Waals surface area contributed by atoms with E-state index in [1.807, 2.05) is 30.4 Å². The minimum absolute atomic E-state index is 0.597. The monoisotopic (exact) mass is 208 g/mol. The topological polar surface area (TPSA) is 27.7 Å². The molecule has 1 aromatic rings. The van der Waals surface area contributed by atoms with Crippen LogP contribution < -0.4 is 9.47 Å². The van der Waals surface area contributed by atoms with Crippen LogP contribution in [0.1, 0.15) is 5.56 Å². The fraction of sp³-hybridized carbons (Fsp3) is 0.333. The molecule has 0 aliphatic heterocycles. The van der Waals surface area contributed by atoms with E-state index in [-0.39, 0.29) is 0 Å². The van der Waals surface area contributed by atoms with E-state index in [1.54, 1.807) is 21.3 Å². The zero-order valence-electron chi connectivity index (χ0n) is 9.32. The molecular formula is C12H16O3. The molecule has 3 heteroatoms. The van der Waals surface area contributed by atoms with Crippen molar-refractivity contribution in [3.63, 3.8) is 0 Å². The largest absolute Gasteiger partial charge is 0.497 e. The lowest BCUT2D eigenvalue weighted by Crippen LogP contribution is -1.88. The lowest BCUT2D eigenvalue weighted by atomic mass is 10.2. The second kappa shape index (κ2) is 6.09. The van der Waals surface area contributed by atoms with E-state index in [4.69, 9.17) is 14.2 Å². The van der Waals surface area contributed by atoms with Gasteiger partial charge in [-0.1, -0.05) is 12.2 Å². The molecule has 15 heavy (non-hydrogen) atoms. The smallest absolute Gasteiger partial charge is 0.123 e. The molecule has 0 saturated heterocycles. The minimum atomic E-state index is 0.597. The summed E-state index contributed by atoms with van der Waals surface area (Å²) in [5.41, 5.74) is 1.03. The van der Waals surface area contributed by atoms with Crippen LogP contribution in [0.3, 0.4) is 0 Å². The van der Waals surface area contributed by atoms with Crippen LogP contribution in [-0.2, 0) is 4.74 Å². The predicted octanol–water partition coefficient (Wildman–Crippen LogP) is 2.36. The predicted molar refractivity (Wildman–Crippen MR) is 60.5 cm³/mol. The summed E-state index contributed by atoms with van der Waals surface area (Å²) in [6.07, 6.45) is 3.91. The molecule has 0 radical (unpaired) electrons. The standard InChI is InChI=1S/C12H16O3/c1-13-6-4-5-10-7-11(14-2)9-12(8-10)15-3/h4-5,7-9H,6H2,1-3H3. The van der Waals surface area contributed by atoms with E-state index < -0.39 is 0 Å². The van der Waals surface area contributed by atoms with E-state index in [2.05, 4.69) is 0 Å². The molecule has 0 saturated carbocycles. The summed E-state index contributed by atoms with van der Waals surface area (Å²) in [5, 5.41) is 0. The number of hydrogen-bond acceptors (Lipinski definition) is 3. The second-order valence-electron chi connectivity index (χ2n) is 3.00. The molecule has 0 fully saturated rings. The Morgan fingerprint density at radius 3 is 2.07 bits per heavy atom. The highest BCUT2D eigenvalue weighted by atomic mass is 16.5. The third-order valence-corrected chi connectivity index (χ3v) is 1.95. The summed E-state index contributed by atoms with van der Waals surface area (Å²) in [4.78, 5) is 0. The lowest BCUT2D eigenvalue weighted by Gasteiger charge is -2.05. The molecule has 1 aromatic carbocycles. The van der Waals surface area contributed by atoms with Crippen LogP contribution in [0.5, 0.6) is 11.5 Å². The second-order valence-corrected chi connectivity index (χ2v) is 3.00. The third-order valence-electron chi connectivity index (χ3n) is 1.95. The van der Waals surface area contributed by atoms with Crippen molar-refractivity contribution < 1.29 is 14.2 Å². The Kier molecular flexibility index (Phi) is 4.71. The molecule has 0 N–H and O–H groups in total. The average Bonchev–Trinajstić information content (AvgIpc) is 2.29. The fourth-order valence-corrected chi connectivity index (χ4v) is 1.21. The molecule has 0 unspecified atom stereocenters. The molecule has 0 amide bonds. The van der Waals surface area contributed by atoms with E-state index in [0.29, 0.717) is 6.61 Å². The van der Waals surface area contributed by atoms with Crippen molar-refractivity contribution in [1.29, 1.82) is 0 Å². The maximum absolute atomic E-state index is 5.16.